The number of thiazole rings is 1. The third-order valence-corrected chi connectivity index (χ3v) is 9.31. The molecule has 5 aromatic rings. The number of fused-ring (bicyclic) bond motifs is 2. The predicted octanol–water partition coefficient (Wildman–Crippen LogP) is 7.22. The molecule has 3 heterocycles. The van der Waals surface area contributed by atoms with Crippen molar-refractivity contribution in [2.45, 2.75) is 32.7 Å². The maximum absolute atomic E-state index is 14.3. The van der Waals surface area contributed by atoms with Gasteiger partial charge in [-0.25, -0.2) is 9.79 Å². The van der Waals surface area contributed by atoms with Crippen LogP contribution in [-0.4, -0.2) is 29.2 Å². The lowest BCUT2D eigenvalue weighted by atomic mass is 9.90. The summed E-state index contributed by atoms with van der Waals surface area (Å²) in [6.07, 6.45) is 2.78. The largest absolute Gasteiger partial charge is 0.496 e. The molecule has 0 fully saturated rings. The van der Waals surface area contributed by atoms with Gasteiger partial charge < -0.3 is 13.9 Å². The van der Waals surface area contributed by atoms with Gasteiger partial charge in [-0.2, -0.15) is 0 Å². The van der Waals surface area contributed by atoms with E-state index in [-0.39, 0.29) is 33.5 Å². The van der Waals surface area contributed by atoms with Crippen LogP contribution in [0.15, 0.2) is 86.1 Å². The van der Waals surface area contributed by atoms with E-state index < -0.39 is 16.9 Å². The van der Waals surface area contributed by atoms with Crippen LogP contribution in [0.1, 0.15) is 44.1 Å². The van der Waals surface area contributed by atoms with Crippen molar-refractivity contribution < 1.29 is 23.6 Å². The fraction of sp³-hybridized carbons (Fsp3) is 0.206. The summed E-state index contributed by atoms with van der Waals surface area (Å²) in [6.45, 7) is 3.87. The fourth-order valence-electron chi connectivity index (χ4n) is 5.70. The molecule has 10 nitrogen and oxygen atoms in total. The van der Waals surface area contributed by atoms with Gasteiger partial charge in [-0.05, 0) is 48.4 Å². The maximum Gasteiger partial charge on any atom is 0.338 e. The number of nitrogens with zero attached hydrogens (tertiary/aromatic N) is 3. The Labute approximate surface area is 281 Å². The number of hydrogen-bond acceptors (Lipinski definition) is 9. The average molecular weight is 693 g/mol. The normalized spacial score (nSPS) is 14.7. The highest BCUT2D eigenvalue weighted by atomic mass is 35.5. The van der Waals surface area contributed by atoms with Crippen molar-refractivity contribution in [2.24, 2.45) is 4.99 Å². The molecular weight excluding hydrogens is 665 g/mol. The van der Waals surface area contributed by atoms with Crippen molar-refractivity contribution in [3.63, 3.8) is 0 Å². The summed E-state index contributed by atoms with van der Waals surface area (Å²) in [5, 5.41) is 13.0. The molecule has 0 saturated carbocycles. The lowest BCUT2D eigenvalue weighted by Crippen LogP contribution is -2.40. The quantitative estimate of drug-likeness (QED) is 0.0908. The number of carbonyl (C=O) groups excluding carboxylic acids is 1. The third kappa shape index (κ3) is 5.86. The zero-order valence-corrected chi connectivity index (χ0v) is 27.7. The molecule has 0 bridgehead atoms. The zero-order chi connectivity index (χ0) is 33.4. The van der Waals surface area contributed by atoms with Crippen molar-refractivity contribution in [2.75, 3.05) is 13.7 Å². The van der Waals surface area contributed by atoms with Gasteiger partial charge >= 0.3 is 5.97 Å². The summed E-state index contributed by atoms with van der Waals surface area (Å²) >= 11 is 13.6. The average Bonchev–Trinajstić information content (AvgIpc) is 3.64. The second-order valence-electron chi connectivity index (χ2n) is 10.6. The second-order valence-corrected chi connectivity index (χ2v) is 12.4. The minimum atomic E-state index is -0.886. The summed E-state index contributed by atoms with van der Waals surface area (Å²) in [5.41, 5.74) is 1.12. The van der Waals surface area contributed by atoms with Gasteiger partial charge in [-0.1, -0.05) is 78.2 Å². The number of hydrogen-bond donors (Lipinski definition) is 0. The van der Waals surface area contributed by atoms with Gasteiger partial charge in [0.15, 0.2) is 4.80 Å². The fourth-order valence-corrected chi connectivity index (χ4v) is 7.18. The first-order chi connectivity index (χ1) is 22.7. The highest BCUT2D eigenvalue weighted by Crippen LogP contribution is 2.41. The molecule has 0 spiro atoms. The molecule has 0 aliphatic carbocycles. The van der Waals surface area contributed by atoms with Gasteiger partial charge in [0.05, 0.1) is 39.5 Å². The Morgan fingerprint density at radius 1 is 1.13 bits per heavy atom. The maximum atomic E-state index is 14.3. The number of nitro benzene ring substituents is 1. The Balaban J connectivity index is 1.57. The predicted molar refractivity (Wildman–Crippen MR) is 181 cm³/mol. The number of methoxy groups -OCH3 is 1. The van der Waals surface area contributed by atoms with E-state index in [9.17, 15) is 19.7 Å². The van der Waals surface area contributed by atoms with Crippen molar-refractivity contribution in [1.29, 1.82) is 0 Å². The molecule has 3 aromatic carbocycles. The molecule has 1 aliphatic rings. The van der Waals surface area contributed by atoms with E-state index in [0.29, 0.717) is 56.3 Å². The van der Waals surface area contributed by atoms with Crippen molar-refractivity contribution in [3.8, 4) is 17.1 Å². The van der Waals surface area contributed by atoms with Crippen LogP contribution in [0.4, 0.5) is 5.69 Å². The number of aromatic nitrogens is 1. The van der Waals surface area contributed by atoms with Gasteiger partial charge in [0, 0.05) is 23.3 Å². The monoisotopic (exact) mass is 691 g/mol. The first-order valence-corrected chi connectivity index (χ1v) is 16.2. The smallest absolute Gasteiger partial charge is 0.338 e. The molecule has 0 amide bonds. The van der Waals surface area contributed by atoms with Crippen LogP contribution in [0.3, 0.4) is 0 Å². The third-order valence-electron chi connectivity index (χ3n) is 7.72. The molecule has 6 rings (SSSR count). The molecule has 1 unspecified atom stereocenters. The number of furan rings is 1. The van der Waals surface area contributed by atoms with Crippen LogP contribution in [0.2, 0.25) is 10.0 Å². The molecule has 1 atom stereocenters. The molecule has 0 saturated heterocycles. The molecule has 2 aromatic heterocycles. The Kier molecular flexibility index (Phi) is 9.05. The molecule has 1 aliphatic heterocycles. The van der Waals surface area contributed by atoms with Crippen LogP contribution in [0.5, 0.6) is 5.75 Å². The standard InChI is InChI=1S/C34H27Cl2N3O7S/c1-4-8-24-30(33(41)45-5-2)31(29-20-10-7-6-9-18(20)11-13-27(29)44-3)38-32(40)28(47-34(38)37-24)15-19-12-14-26(46-19)21-16-23(36)25(39(42)43)17-22(21)35/h6-7,9-17,31H,4-5,8H2,1-3H3/b28-15+. The molecule has 0 N–H and O–H groups in total. The lowest BCUT2D eigenvalue weighted by molar-refractivity contribution is -0.384. The Morgan fingerprint density at radius 3 is 2.64 bits per heavy atom. The summed E-state index contributed by atoms with van der Waals surface area (Å²) in [5.74, 6) is 0.591. The van der Waals surface area contributed by atoms with E-state index in [4.69, 9.17) is 42.1 Å². The van der Waals surface area contributed by atoms with Crippen LogP contribution >= 0.6 is 34.5 Å². The highest BCUT2D eigenvalue weighted by Gasteiger charge is 2.37. The van der Waals surface area contributed by atoms with Gasteiger partial charge in [-0.3, -0.25) is 19.5 Å². The number of esters is 1. The van der Waals surface area contributed by atoms with E-state index >= 15 is 0 Å². The van der Waals surface area contributed by atoms with Crippen molar-refractivity contribution in [3.05, 3.63) is 123 Å². The Hall–Kier alpha value is -4.71. The van der Waals surface area contributed by atoms with Crippen LogP contribution < -0.4 is 19.6 Å². The first-order valence-electron chi connectivity index (χ1n) is 14.7. The van der Waals surface area contributed by atoms with Crippen molar-refractivity contribution >= 4 is 63.0 Å². The number of rotatable bonds is 9. The number of halogens is 2. The SMILES string of the molecule is CCCC1=C(C(=O)OCC)C(c2c(OC)ccc3ccccc23)n2c(s/c(=C/c3ccc(-c4cc(Cl)c([N+](=O)[O-])cc4Cl)o3)c2=O)=N1. The summed E-state index contributed by atoms with van der Waals surface area (Å²) < 4.78 is 19.2. The van der Waals surface area contributed by atoms with E-state index in [1.54, 1.807) is 32.2 Å². The molecule has 13 heteroatoms. The van der Waals surface area contributed by atoms with E-state index in [1.165, 1.54) is 22.0 Å². The van der Waals surface area contributed by atoms with Gasteiger partial charge in [0.2, 0.25) is 0 Å². The van der Waals surface area contributed by atoms with Crippen LogP contribution in [0, 0.1) is 10.1 Å². The van der Waals surface area contributed by atoms with Crippen LogP contribution in [-0.2, 0) is 9.53 Å². The van der Waals surface area contributed by atoms with Gasteiger partial charge in [-0.15, -0.1) is 0 Å². The molecular formula is C34H27Cl2N3O7S. The highest BCUT2D eigenvalue weighted by molar-refractivity contribution is 7.07. The van der Waals surface area contributed by atoms with E-state index in [1.807, 2.05) is 43.3 Å². The summed E-state index contributed by atoms with van der Waals surface area (Å²) in [6, 6.07) is 16.4. The van der Waals surface area contributed by atoms with Gasteiger partial charge in [0.25, 0.3) is 11.2 Å². The summed E-state index contributed by atoms with van der Waals surface area (Å²) in [7, 11) is 1.55. The number of nitro groups is 1. The topological polar surface area (TPSA) is 126 Å². The Bertz CT molecular complexity index is 2290. The number of carbonyl (C=O) groups is 1. The van der Waals surface area contributed by atoms with Gasteiger partial charge in [0.1, 0.15) is 28.3 Å². The number of ether oxygens (including phenoxy) is 2. The minimum absolute atomic E-state index is 0.0837. The summed E-state index contributed by atoms with van der Waals surface area (Å²) in [4.78, 5) is 43.9. The second kappa shape index (κ2) is 13.2. The molecule has 240 valence electrons. The minimum Gasteiger partial charge on any atom is -0.496 e. The lowest BCUT2D eigenvalue weighted by Gasteiger charge is -2.28. The van der Waals surface area contributed by atoms with E-state index in [2.05, 4.69) is 0 Å². The molecule has 0 radical (unpaired) electrons. The zero-order valence-electron chi connectivity index (χ0n) is 25.4. The van der Waals surface area contributed by atoms with Crippen LogP contribution in [0.25, 0.3) is 28.2 Å². The molecule has 47 heavy (non-hydrogen) atoms. The van der Waals surface area contributed by atoms with Crippen molar-refractivity contribution in [1.82, 2.24) is 4.57 Å². The first kappa shape index (κ1) is 32.2. The Morgan fingerprint density at radius 2 is 1.91 bits per heavy atom. The number of benzene rings is 3. The number of allylic oxidation sites excluding steroid dienone is 1. The van der Waals surface area contributed by atoms with E-state index in [0.717, 1.165) is 16.8 Å².